The van der Waals surface area contributed by atoms with E-state index in [1.165, 1.54) is 16.8 Å². The third-order valence-corrected chi connectivity index (χ3v) is 7.10. The number of alkyl halides is 1. The zero-order valence-electron chi connectivity index (χ0n) is 19.4. The fourth-order valence-electron chi connectivity index (χ4n) is 5.17. The minimum Gasteiger partial charge on any atom is -0.374 e. The Hall–Kier alpha value is -3.31. The second-order valence-corrected chi connectivity index (χ2v) is 9.09. The van der Waals surface area contributed by atoms with Gasteiger partial charge in [0.2, 0.25) is 0 Å². The van der Waals surface area contributed by atoms with E-state index in [2.05, 4.69) is 77.3 Å². The Morgan fingerprint density at radius 3 is 1.97 bits per heavy atom. The van der Waals surface area contributed by atoms with Crippen molar-refractivity contribution < 1.29 is 9.13 Å². The smallest absolute Gasteiger partial charge is 0.115 e. The lowest BCUT2D eigenvalue weighted by molar-refractivity contribution is 0.0732. The molecule has 1 aliphatic carbocycles. The lowest BCUT2D eigenvalue weighted by Gasteiger charge is -2.24. The number of piperidine rings is 1. The highest BCUT2D eigenvalue weighted by atomic mass is 19.1. The Bertz CT molecular complexity index is 1080. The van der Waals surface area contributed by atoms with Gasteiger partial charge in [0.15, 0.2) is 0 Å². The third kappa shape index (κ3) is 4.40. The lowest BCUT2D eigenvalue weighted by atomic mass is 10.0. The van der Waals surface area contributed by atoms with Crippen LogP contribution in [0.5, 0.6) is 0 Å². The normalized spacial score (nSPS) is 22.5. The molecule has 34 heavy (non-hydrogen) atoms. The maximum atomic E-state index is 13.3. The highest BCUT2D eigenvalue weighted by Crippen LogP contribution is 2.49. The van der Waals surface area contributed by atoms with Crippen LogP contribution in [0.15, 0.2) is 94.9 Å². The van der Waals surface area contributed by atoms with Gasteiger partial charge in [-0.2, -0.15) is 0 Å². The van der Waals surface area contributed by atoms with Crippen LogP contribution in [0.25, 0.3) is 0 Å². The Balaban J connectivity index is 1.29. The van der Waals surface area contributed by atoms with Crippen LogP contribution in [0.3, 0.4) is 0 Å². The van der Waals surface area contributed by atoms with Gasteiger partial charge in [0.25, 0.3) is 0 Å². The molecule has 4 nitrogen and oxygen atoms in total. The van der Waals surface area contributed by atoms with E-state index in [1.54, 1.807) is 7.11 Å². The number of rotatable bonds is 9. The van der Waals surface area contributed by atoms with E-state index in [9.17, 15) is 4.39 Å². The van der Waals surface area contributed by atoms with Crippen molar-refractivity contribution in [1.82, 2.24) is 0 Å². The van der Waals surface area contributed by atoms with Crippen LogP contribution in [0.1, 0.15) is 22.8 Å². The van der Waals surface area contributed by atoms with Crippen LogP contribution < -0.4 is 4.90 Å². The standard InChI is InChI=1S/C29H30FN3O/c1-31-26(17-30)29(34-2)22-13-15-23(16-14-22)33-18-24-25(19-33)28(24)32-27(20-9-5-3-6-10-20)21-11-7-4-8-12-21/h3-16,24-26,28-29H,1,17-19H2,2H3/t24-,25+,26-,28?,29-/m1/s1. The van der Waals surface area contributed by atoms with Gasteiger partial charge in [-0.05, 0) is 24.4 Å². The summed E-state index contributed by atoms with van der Waals surface area (Å²) in [7, 11) is 1.58. The molecule has 5 atom stereocenters. The van der Waals surface area contributed by atoms with Crippen molar-refractivity contribution in [1.29, 1.82) is 0 Å². The number of anilines is 1. The first-order valence-corrected chi connectivity index (χ1v) is 11.8. The van der Waals surface area contributed by atoms with E-state index < -0.39 is 18.8 Å². The summed E-state index contributed by atoms with van der Waals surface area (Å²) in [5.74, 6) is 1.16. The van der Waals surface area contributed by atoms with Crippen molar-refractivity contribution in [2.45, 2.75) is 18.2 Å². The predicted molar refractivity (Wildman–Crippen MR) is 137 cm³/mol. The minimum atomic E-state index is -0.588. The van der Waals surface area contributed by atoms with Crippen molar-refractivity contribution in [3.63, 3.8) is 0 Å². The Morgan fingerprint density at radius 1 is 0.941 bits per heavy atom. The van der Waals surface area contributed by atoms with Gasteiger partial charge in [-0.25, -0.2) is 4.39 Å². The molecular formula is C29H30FN3O. The molecule has 3 aromatic carbocycles. The number of methoxy groups -OCH3 is 1. The number of aliphatic imine (C=N–C) groups is 2. The molecule has 0 amide bonds. The molecule has 1 aliphatic heterocycles. The fraction of sp³-hybridized carbons (Fsp3) is 0.310. The summed E-state index contributed by atoms with van der Waals surface area (Å²) in [5, 5.41) is 0. The summed E-state index contributed by atoms with van der Waals surface area (Å²) >= 11 is 0. The SMILES string of the molecule is C=N[C@H](CF)[C@H](OC)c1ccc(N2C[C@@H]3C(N=C(c4ccccc4)c4ccccc4)[C@@H]3C2)cc1. The molecule has 0 N–H and O–H groups in total. The van der Waals surface area contributed by atoms with E-state index >= 15 is 0 Å². The molecule has 0 bridgehead atoms. The maximum Gasteiger partial charge on any atom is 0.115 e. The first-order valence-electron chi connectivity index (χ1n) is 11.8. The molecular weight excluding hydrogens is 425 g/mol. The summed E-state index contributed by atoms with van der Waals surface area (Å²) in [6, 6.07) is 28.9. The molecule has 2 aliphatic rings. The van der Waals surface area contributed by atoms with E-state index in [-0.39, 0.29) is 0 Å². The monoisotopic (exact) mass is 455 g/mol. The number of nitrogens with zero attached hydrogens (tertiary/aromatic N) is 3. The molecule has 0 radical (unpaired) electrons. The second-order valence-electron chi connectivity index (χ2n) is 9.09. The van der Waals surface area contributed by atoms with E-state index in [0.29, 0.717) is 17.9 Å². The molecule has 3 aromatic rings. The Kier molecular flexibility index (Phi) is 6.54. The Labute approximate surface area is 200 Å². The van der Waals surface area contributed by atoms with Crippen LogP contribution in [-0.2, 0) is 4.74 Å². The number of hydrogen-bond acceptors (Lipinski definition) is 4. The van der Waals surface area contributed by atoms with Crippen molar-refractivity contribution in [2.75, 3.05) is 31.8 Å². The van der Waals surface area contributed by atoms with E-state index in [0.717, 1.165) is 24.4 Å². The topological polar surface area (TPSA) is 37.2 Å². The quantitative estimate of drug-likeness (QED) is 0.406. The first kappa shape index (κ1) is 22.5. The molecule has 1 heterocycles. The molecule has 1 saturated heterocycles. The van der Waals surface area contributed by atoms with Crippen LogP contribution in [-0.4, -0.2) is 51.4 Å². The molecule has 2 fully saturated rings. The molecule has 0 aromatic heterocycles. The zero-order valence-corrected chi connectivity index (χ0v) is 19.4. The van der Waals surface area contributed by atoms with Crippen molar-refractivity contribution in [3.8, 4) is 0 Å². The molecule has 1 unspecified atom stereocenters. The van der Waals surface area contributed by atoms with Crippen LogP contribution in [0.2, 0.25) is 0 Å². The van der Waals surface area contributed by atoms with Crippen molar-refractivity contribution >= 4 is 18.1 Å². The van der Waals surface area contributed by atoms with Crippen molar-refractivity contribution in [3.05, 3.63) is 102 Å². The maximum absolute atomic E-state index is 13.3. The highest BCUT2D eigenvalue weighted by molar-refractivity contribution is 6.13. The van der Waals surface area contributed by atoms with Crippen molar-refractivity contribution in [2.24, 2.45) is 21.8 Å². The zero-order chi connectivity index (χ0) is 23.5. The molecule has 5 heteroatoms. The lowest BCUT2D eigenvalue weighted by Crippen LogP contribution is -2.25. The minimum absolute atomic E-state index is 0.368. The summed E-state index contributed by atoms with van der Waals surface area (Å²) in [6.45, 7) is 4.92. The molecule has 0 spiro atoms. The average molecular weight is 456 g/mol. The molecule has 5 rings (SSSR count). The largest absolute Gasteiger partial charge is 0.374 e. The number of halogens is 1. The summed E-state index contributed by atoms with van der Waals surface area (Å²) in [4.78, 5) is 11.5. The predicted octanol–water partition coefficient (Wildman–Crippen LogP) is 5.39. The number of fused-ring (bicyclic) bond motifs is 1. The third-order valence-electron chi connectivity index (χ3n) is 7.10. The fourth-order valence-corrected chi connectivity index (χ4v) is 5.17. The van der Waals surface area contributed by atoms with Crippen LogP contribution in [0, 0.1) is 11.8 Å². The van der Waals surface area contributed by atoms with Gasteiger partial charge in [0, 0.05) is 48.8 Å². The van der Waals surface area contributed by atoms with Gasteiger partial charge in [0.05, 0.1) is 11.8 Å². The molecule has 174 valence electrons. The second kappa shape index (κ2) is 9.90. The number of ether oxygens (including phenoxy) is 1. The van der Waals surface area contributed by atoms with Crippen LogP contribution in [0.4, 0.5) is 10.1 Å². The average Bonchev–Trinajstić information content (AvgIpc) is 3.33. The molecule has 1 saturated carbocycles. The first-order chi connectivity index (χ1) is 16.7. The summed E-state index contributed by atoms with van der Waals surface area (Å²) in [5.41, 5.74) is 5.52. The van der Waals surface area contributed by atoms with Crippen LogP contribution >= 0.6 is 0 Å². The van der Waals surface area contributed by atoms with Gasteiger partial charge in [-0.1, -0.05) is 72.8 Å². The summed E-state index contributed by atoms with van der Waals surface area (Å²) < 4.78 is 18.8. The van der Waals surface area contributed by atoms with Gasteiger partial charge in [0.1, 0.15) is 18.8 Å². The van der Waals surface area contributed by atoms with Gasteiger partial charge < -0.3 is 9.64 Å². The van der Waals surface area contributed by atoms with Gasteiger partial charge in [-0.15, -0.1) is 0 Å². The van der Waals surface area contributed by atoms with Gasteiger partial charge in [-0.3, -0.25) is 9.98 Å². The van der Waals surface area contributed by atoms with E-state index in [4.69, 9.17) is 9.73 Å². The number of benzene rings is 3. The summed E-state index contributed by atoms with van der Waals surface area (Å²) in [6.07, 6.45) is -0.420. The highest BCUT2D eigenvalue weighted by Gasteiger charge is 2.56. The van der Waals surface area contributed by atoms with E-state index in [1.807, 2.05) is 24.3 Å². The van der Waals surface area contributed by atoms with Gasteiger partial charge >= 0.3 is 0 Å². The number of hydrogen-bond donors (Lipinski definition) is 0. The Morgan fingerprint density at radius 2 is 1.50 bits per heavy atom.